The van der Waals surface area contributed by atoms with Gasteiger partial charge in [0.1, 0.15) is 11.6 Å². The van der Waals surface area contributed by atoms with Gasteiger partial charge in [-0.1, -0.05) is 12.1 Å². The summed E-state index contributed by atoms with van der Waals surface area (Å²) in [6.45, 7) is 1.82. The molecule has 2 aromatic carbocycles. The molecule has 0 fully saturated rings. The van der Waals surface area contributed by atoms with Crippen molar-refractivity contribution >= 4 is 10.0 Å². The first-order chi connectivity index (χ1) is 11.3. The lowest BCUT2D eigenvalue weighted by atomic mass is 10.1. The zero-order valence-corrected chi connectivity index (χ0v) is 14.3. The molecule has 7 heteroatoms. The van der Waals surface area contributed by atoms with Gasteiger partial charge in [-0.2, -0.15) is 0 Å². The first kappa shape index (κ1) is 18.4. The van der Waals surface area contributed by atoms with Crippen molar-refractivity contribution in [3.63, 3.8) is 0 Å². The molecule has 0 aliphatic carbocycles. The number of aliphatic hydroxyl groups excluding tert-OH is 1. The molecule has 0 radical (unpaired) electrons. The summed E-state index contributed by atoms with van der Waals surface area (Å²) in [5.41, 5.74) is 1.25. The van der Waals surface area contributed by atoms with E-state index >= 15 is 0 Å². The third kappa shape index (κ3) is 4.53. The summed E-state index contributed by atoms with van der Waals surface area (Å²) >= 11 is 0. The second-order valence-electron chi connectivity index (χ2n) is 5.39. The zero-order chi connectivity index (χ0) is 17.7. The largest absolute Gasteiger partial charge is 0.496 e. The van der Waals surface area contributed by atoms with Gasteiger partial charge in [-0.25, -0.2) is 17.5 Å². The molecule has 0 spiro atoms. The maximum atomic E-state index is 12.9. The second kappa shape index (κ2) is 7.74. The molecule has 1 atom stereocenters. The highest BCUT2D eigenvalue weighted by molar-refractivity contribution is 7.89. The van der Waals surface area contributed by atoms with E-state index in [0.717, 1.165) is 0 Å². The number of aryl methyl sites for hydroxylation is 1. The van der Waals surface area contributed by atoms with Crippen molar-refractivity contribution < 1.29 is 22.7 Å². The molecule has 2 aromatic rings. The molecular formula is C17H20FNO4S. The van der Waals surface area contributed by atoms with Crippen molar-refractivity contribution in [3.8, 4) is 5.75 Å². The SMILES string of the molecule is COc1ccc(S(=O)(=O)NCCC(O)c2ccc(F)cc2)cc1C. The summed E-state index contributed by atoms with van der Waals surface area (Å²) in [7, 11) is -2.15. The first-order valence-electron chi connectivity index (χ1n) is 7.41. The molecule has 130 valence electrons. The highest BCUT2D eigenvalue weighted by Gasteiger charge is 2.16. The Labute approximate surface area is 141 Å². The van der Waals surface area contributed by atoms with Crippen molar-refractivity contribution in [1.29, 1.82) is 0 Å². The Balaban J connectivity index is 1.97. The van der Waals surface area contributed by atoms with Crippen LogP contribution in [0.15, 0.2) is 47.4 Å². The maximum Gasteiger partial charge on any atom is 0.240 e. The van der Waals surface area contributed by atoms with Crippen LogP contribution in [0, 0.1) is 12.7 Å². The molecule has 0 saturated heterocycles. The number of hydrogen-bond acceptors (Lipinski definition) is 4. The minimum absolute atomic E-state index is 0.0615. The average Bonchev–Trinajstić information content (AvgIpc) is 2.55. The fourth-order valence-electron chi connectivity index (χ4n) is 2.28. The predicted octanol–water partition coefficient (Wildman–Crippen LogP) is 2.54. The number of sulfonamides is 1. The number of aliphatic hydroxyl groups is 1. The van der Waals surface area contributed by atoms with E-state index in [1.807, 2.05) is 0 Å². The quantitative estimate of drug-likeness (QED) is 0.802. The fraction of sp³-hybridized carbons (Fsp3) is 0.294. The van der Waals surface area contributed by atoms with Gasteiger partial charge in [0.15, 0.2) is 0 Å². The van der Waals surface area contributed by atoms with Crippen LogP contribution in [0.5, 0.6) is 5.75 Å². The van der Waals surface area contributed by atoms with Crippen LogP contribution in [0.4, 0.5) is 4.39 Å². The third-order valence-electron chi connectivity index (χ3n) is 3.64. The summed E-state index contributed by atoms with van der Waals surface area (Å²) in [5, 5.41) is 10.0. The third-order valence-corrected chi connectivity index (χ3v) is 5.10. The maximum absolute atomic E-state index is 12.9. The number of methoxy groups -OCH3 is 1. The van der Waals surface area contributed by atoms with Crippen molar-refractivity contribution in [2.45, 2.75) is 24.3 Å². The lowest BCUT2D eigenvalue weighted by Crippen LogP contribution is -2.26. The summed E-state index contributed by atoms with van der Waals surface area (Å²) in [6.07, 6.45) is -0.689. The van der Waals surface area contributed by atoms with Crippen molar-refractivity contribution in [3.05, 3.63) is 59.4 Å². The van der Waals surface area contributed by atoms with E-state index < -0.39 is 16.1 Å². The van der Waals surface area contributed by atoms with Gasteiger partial charge in [-0.15, -0.1) is 0 Å². The summed E-state index contributed by atoms with van der Waals surface area (Å²) in [4.78, 5) is 0.136. The van der Waals surface area contributed by atoms with Crippen LogP contribution in [0.25, 0.3) is 0 Å². The molecule has 0 bridgehead atoms. The molecule has 5 nitrogen and oxygen atoms in total. The number of nitrogens with one attached hydrogen (secondary N) is 1. The Hall–Kier alpha value is -1.96. The Morgan fingerprint density at radius 1 is 1.21 bits per heavy atom. The van der Waals surface area contributed by atoms with Gasteiger partial charge in [0.25, 0.3) is 0 Å². The molecule has 2 rings (SSSR count). The summed E-state index contributed by atoms with van der Waals surface area (Å²) < 4.78 is 44.9. The Bertz CT molecular complexity index is 791. The van der Waals surface area contributed by atoms with E-state index in [0.29, 0.717) is 16.9 Å². The number of rotatable bonds is 7. The van der Waals surface area contributed by atoms with Gasteiger partial charge in [0.2, 0.25) is 10.0 Å². The van der Waals surface area contributed by atoms with Gasteiger partial charge in [-0.05, 0) is 54.8 Å². The highest BCUT2D eigenvalue weighted by Crippen LogP contribution is 2.21. The number of ether oxygens (including phenoxy) is 1. The minimum atomic E-state index is -3.67. The fourth-order valence-corrected chi connectivity index (χ4v) is 3.42. The lowest BCUT2D eigenvalue weighted by Gasteiger charge is -2.13. The standard InChI is InChI=1S/C17H20FNO4S/c1-12-11-15(7-8-17(12)23-2)24(21,22)19-10-9-16(20)13-3-5-14(18)6-4-13/h3-8,11,16,19-20H,9-10H2,1-2H3. The van der Waals surface area contributed by atoms with Crippen LogP contribution in [-0.2, 0) is 10.0 Å². The zero-order valence-electron chi connectivity index (χ0n) is 13.5. The molecule has 24 heavy (non-hydrogen) atoms. The van der Waals surface area contributed by atoms with Gasteiger partial charge in [-0.3, -0.25) is 0 Å². The Morgan fingerprint density at radius 3 is 2.46 bits per heavy atom. The topological polar surface area (TPSA) is 75.6 Å². The second-order valence-corrected chi connectivity index (χ2v) is 7.15. The predicted molar refractivity (Wildman–Crippen MR) is 88.9 cm³/mol. The van der Waals surface area contributed by atoms with Crippen LogP contribution in [-0.4, -0.2) is 27.2 Å². The summed E-state index contributed by atoms with van der Waals surface area (Å²) in [5.74, 6) is 0.224. The van der Waals surface area contributed by atoms with Crippen LogP contribution in [0.1, 0.15) is 23.7 Å². The van der Waals surface area contributed by atoms with Gasteiger partial charge >= 0.3 is 0 Å². The molecule has 0 saturated carbocycles. The van der Waals surface area contributed by atoms with E-state index in [9.17, 15) is 17.9 Å². The summed E-state index contributed by atoms with van der Waals surface area (Å²) in [6, 6.07) is 10.0. The van der Waals surface area contributed by atoms with E-state index in [1.54, 1.807) is 13.0 Å². The smallest absolute Gasteiger partial charge is 0.240 e. The van der Waals surface area contributed by atoms with Crippen molar-refractivity contribution in [2.24, 2.45) is 0 Å². The van der Waals surface area contributed by atoms with Crippen LogP contribution >= 0.6 is 0 Å². The van der Waals surface area contributed by atoms with E-state index in [4.69, 9.17) is 4.74 Å². The number of halogens is 1. The lowest BCUT2D eigenvalue weighted by molar-refractivity contribution is 0.169. The Morgan fingerprint density at radius 2 is 1.88 bits per heavy atom. The van der Waals surface area contributed by atoms with E-state index in [1.165, 1.54) is 43.5 Å². The molecule has 1 unspecified atom stereocenters. The van der Waals surface area contributed by atoms with E-state index in [2.05, 4.69) is 4.72 Å². The molecular weight excluding hydrogens is 333 g/mol. The molecule has 0 aliphatic heterocycles. The highest BCUT2D eigenvalue weighted by atomic mass is 32.2. The molecule has 0 amide bonds. The monoisotopic (exact) mass is 353 g/mol. The number of hydrogen-bond donors (Lipinski definition) is 2. The van der Waals surface area contributed by atoms with Gasteiger partial charge in [0.05, 0.1) is 18.1 Å². The van der Waals surface area contributed by atoms with Gasteiger partial charge in [0, 0.05) is 6.54 Å². The van der Waals surface area contributed by atoms with E-state index in [-0.39, 0.29) is 23.7 Å². The Kier molecular flexibility index (Phi) is 5.93. The van der Waals surface area contributed by atoms with Crippen LogP contribution in [0.2, 0.25) is 0 Å². The molecule has 0 heterocycles. The molecule has 0 aromatic heterocycles. The minimum Gasteiger partial charge on any atom is -0.496 e. The van der Waals surface area contributed by atoms with Gasteiger partial charge < -0.3 is 9.84 Å². The number of benzene rings is 2. The first-order valence-corrected chi connectivity index (χ1v) is 8.89. The van der Waals surface area contributed by atoms with Crippen molar-refractivity contribution in [2.75, 3.05) is 13.7 Å². The average molecular weight is 353 g/mol. The molecule has 2 N–H and O–H groups in total. The van der Waals surface area contributed by atoms with Crippen LogP contribution in [0.3, 0.4) is 0 Å². The normalized spacial score (nSPS) is 12.8. The van der Waals surface area contributed by atoms with Crippen LogP contribution < -0.4 is 9.46 Å². The molecule has 0 aliphatic rings. The van der Waals surface area contributed by atoms with Crippen molar-refractivity contribution in [1.82, 2.24) is 4.72 Å².